The van der Waals surface area contributed by atoms with Gasteiger partial charge in [-0.25, -0.2) is 4.98 Å². The fourth-order valence-corrected chi connectivity index (χ4v) is 2.60. The zero-order chi connectivity index (χ0) is 14.8. The summed E-state index contributed by atoms with van der Waals surface area (Å²) < 4.78 is 0. The van der Waals surface area contributed by atoms with Crippen LogP contribution in [-0.2, 0) is 0 Å². The normalized spacial score (nSPS) is 11.6. The Hall–Kier alpha value is -2.14. The summed E-state index contributed by atoms with van der Waals surface area (Å²) in [4.78, 5) is 14.5. The lowest BCUT2D eigenvalue weighted by molar-refractivity contribution is 0.405. The lowest BCUT2D eigenvalue weighted by Gasteiger charge is -2.11. The fraction of sp³-hybridized carbons (Fsp3) is 0.375. The van der Waals surface area contributed by atoms with Crippen LogP contribution in [0.2, 0.25) is 0 Å². The highest BCUT2D eigenvalue weighted by molar-refractivity contribution is 6.12. The molecular weight excluding hydrogens is 262 g/mol. The number of aromatic nitrogens is 3. The first-order valence-electron chi connectivity index (χ1n) is 7.26. The maximum Gasteiger partial charge on any atom is 0.136 e. The maximum absolute atomic E-state index is 4.57. The Labute approximate surface area is 124 Å². The highest BCUT2D eigenvalue weighted by atomic mass is 15.1. The van der Waals surface area contributed by atoms with Gasteiger partial charge in [0.25, 0.3) is 0 Å². The molecule has 3 aromatic heterocycles. The van der Waals surface area contributed by atoms with E-state index in [0.717, 1.165) is 52.7 Å². The van der Waals surface area contributed by atoms with Gasteiger partial charge in [-0.3, -0.25) is 4.98 Å². The van der Waals surface area contributed by atoms with Crippen molar-refractivity contribution < 1.29 is 0 Å². The average Bonchev–Trinajstić information content (AvgIpc) is 2.86. The monoisotopic (exact) mass is 283 g/mol. The number of nitrogens with zero attached hydrogens (tertiary/aromatic N) is 3. The number of aromatic amines is 1. The smallest absolute Gasteiger partial charge is 0.136 e. The predicted octanol–water partition coefficient (Wildman–Crippen LogP) is 2.78. The van der Waals surface area contributed by atoms with E-state index in [4.69, 9.17) is 0 Å². The van der Waals surface area contributed by atoms with Crippen molar-refractivity contribution in [1.29, 1.82) is 0 Å². The molecule has 2 N–H and O–H groups in total. The SMILES string of the molecule is Cc1cnc(NCCCN(C)C)c2c1[nH]c1ccncc12. The van der Waals surface area contributed by atoms with Crippen molar-refractivity contribution in [3.05, 3.63) is 30.2 Å². The average molecular weight is 283 g/mol. The molecule has 110 valence electrons. The van der Waals surface area contributed by atoms with Gasteiger partial charge in [-0.1, -0.05) is 0 Å². The third-order valence-electron chi connectivity index (χ3n) is 3.69. The Morgan fingerprint density at radius 1 is 1.29 bits per heavy atom. The van der Waals surface area contributed by atoms with Gasteiger partial charge in [-0.15, -0.1) is 0 Å². The molecule has 0 radical (unpaired) electrons. The van der Waals surface area contributed by atoms with Gasteiger partial charge in [0.2, 0.25) is 0 Å². The number of H-pyrrole nitrogens is 1. The summed E-state index contributed by atoms with van der Waals surface area (Å²) in [5.74, 6) is 0.939. The van der Waals surface area contributed by atoms with Gasteiger partial charge in [-0.05, 0) is 45.6 Å². The molecule has 0 fully saturated rings. The molecule has 0 aliphatic carbocycles. The van der Waals surface area contributed by atoms with E-state index < -0.39 is 0 Å². The molecule has 21 heavy (non-hydrogen) atoms. The van der Waals surface area contributed by atoms with Crippen molar-refractivity contribution in [2.75, 3.05) is 32.5 Å². The zero-order valence-electron chi connectivity index (χ0n) is 12.8. The van der Waals surface area contributed by atoms with Gasteiger partial charge in [0.15, 0.2) is 0 Å². The summed E-state index contributed by atoms with van der Waals surface area (Å²) in [6, 6.07) is 2.00. The van der Waals surface area contributed by atoms with E-state index >= 15 is 0 Å². The molecule has 0 unspecified atom stereocenters. The number of hydrogen-bond acceptors (Lipinski definition) is 4. The quantitative estimate of drug-likeness (QED) is 0.707. The van der Waals surface area contributed by atoms with Crippen LogP contribution in [0.15, 0.2) is 24.7 Å². The number of anilines is 1. The first kappa shape index (κ1) is 13.8. The molecule has 0 saturated carbocycles. The molecule has 0 saturated heterocycles. The van der Waals surface area contributed by atoms with Gasteiger partial charge < -0.3 is 15.2 Å². The van der Waals surface area contributed by atoms with Gasteiger partial charge in [0, 0.05) is 36.0 Å². The van der Waals surface area contributed by atoms with Crippen molar-refractivity contribution >= 4 is 27.6 Å². The Morgan fingerprint density at radius 2 is 2.14 bits per heavy atom. The summed E-state index contributed by atoms with van der Waals surface area (Å²) in [6.07, 6.45) is 6.72. The van der Waals surface area contributed by atoms with Crippen LogP contribution in [0.25, 0.3) is 21.8 Å². The summed E-state index contributed by atoms with van der Waals surface area (Å²) in [5.41, 5.74) is 3.40. The number of pyridine rings is 2. The molecule has 3 aromatic rings. The Balaban J connectivity index is 1.96. The van der Waals surface area contributed by atoms with Crippen LogP contribution in [0.5, 0.6) is 0 Å². The molecule has 0 aliphatic heterocycles. The number of nitrogens with one attached hydrogen (secondary N) is 2. The molecule has 0 spiro atoms. The largest absolute Gasteiger partial charge is 0.369 e. The second-order valence-corrected chi connectivity index (χ2v) is 5.67. The van der Waals surface area contributed by atoms with Crippen molar-refractivity contribution in [2.24, 2.45) is 0 Å². The van der Waals surface area contributed by atoms with Crippen LogP contribution in [0.4, 0.5) is 5.82 Å². The van der Waals surface area contributed by atoms with Gasteiger partial charge >= 0.3 is 0 Å². The van der Waals surface area contributed by atoms with Crippen molar-refractivity contribution in [3.8, 4) is 0 Å². The molecule has 0 amide bonds. The van der Waals surface area contributed by atoms with Crippen molar-refractivity contribution in [1.82, 2.24) is 19.9 Å². The minimum Gasteiger partial charge on any atom is -0.369 e. The lowest BCUT2D eigenvalue weighted by Crippen LogP contribution is -2.16. The number of fused-ring (bicyclic) bond motifs is 3. The summed E-state index contributed by atoms with van der Waals surface area (Å²) in [7, 11) is 4.18. The van der Waals surface area contributed by atoms with Crippen LogP contribution in [-0.4, -0.2) is 47.0 Å². The summed E-state index contributed by atoms with van der Waals surface area (Å²) in [6.45, 7) is 4.06. The first-order chi connectivity index (χ1) is 10.2. The third-order valence-corrected chi connectivity index (χ3v) is 3.69. The summed E-state index contributed by atoms with van der Waals surface area (Å²) in [5, 5.41) is 5.73. The Morgan fingerprint density at radius 3 is 2.95 bits per heavy atom. The Bertz CT molecular complexity index is 760. The lowest BCUT2D eigenvalue weighted by atomic mass is 10.1. The van der Waals surface area contributed by atoms with E-state index in [-0.39, 0.29) is 0 Å². The molecule has 3 rings (SSSR count). The van der Waals surface area contributed by atoms with E-state index in [1.165, 1.54) is 0 Å². The first-order valence-corrected chi connectivity index (χ1v) is 7.26. The van der Waals surface area contributed by atoms with E-state index in [0.29, 0.717) is 0 Å². The second-order valence-electron chi connectivity index (χ2n) is 5.67. The topological polar surface area (TPSA) is 56.8 Å². The van der Waals surface area contributed by atoms with Crippen molar-refractivity contribution in [2.45, 2.75) is 13.3 Å². The van der Waals surface area contributed by atoms with Crippen molar-refractivity contribution in [3.63, 3.8) is 0 Å². The van der Waals surface area contributed by atoms with Gasteiger partial charge in [0.05, 0.1) is 10.9 Å². The minimum atomic E-state index is 0.913. The van der Waals surface area contributed by atoms with Crippen LogP contribution in [0, 0.1) is 6.92 Å². The van der Waals surface area contributed by atoms with E-state index in [2.05, 4.69) is 46.2 Å². The van der Waals surface area contributed by atoms with Crippen LogP contribution >= 0.6 is 0 Å². The summed E-state index contributed by atoms with van der Waals surface area (Å²) >= 11 is 0. The van der Waals surface area contributed by atoms with E-state index in [1.54, 1.807) is 0 Å². The van der Waals surface area contributed by atoms with Crippen LogP contribution in [0.1, 0.15) is 12.0 Å². The zero-order valence-corrected chi connectivity index (χ0v) is 12.8. The molecule has 0 aromatic carbocycles. The standard InChI is InChI=1S/C16H21N5/c1-11-9-19-16(18-6-4-8-21(2)3)14-12-10-17-7-5-13(12)20-15(11)14/h5,7,9-10,20H,4,6,8H2,1-3H3,(H,18,19). The van der Waals surface area contributed by atoms with Gasteiger partial charge in [-0.2, -0.15) is 0 Å². The molecule has 0 aliphatic rings. The minimum absolute atomic E-state index is 0.913. The van der Waals surface area contributed by atoms with E-state index in [1.807, 2.05) is 24.7 Å². The number of hydrogen-bond donors (Lipinski definition) is 2. The van der Waals surface area contributed by atoms with Crippen LogP contribution in [0.3, 0.4) is 0 Å². The maximum atomic E-state index is 4.57. The molecule has 5 nitrogen and oxygen atoms in total. The van der Waals surface area contributed by atoms with Gasteiger partial charge in [0.1, 0.15) is 5.82 Å². The van der Waals surface area contributed by atoms with Crippen LogP contribution < -0.4 is 5.32 Å². The number of aryl methyl sites for hydroxylation is 1. The molecule has 0 atom stereocenters. The molecule has 3 heterocycles. The number of rotatable bonds is 5. The molecular formula is C16H21N5. The predicted molar refractivity (Wildman–Crippen MR) is 87.8 cm³/mol. The molecule has 5 heteroatoms. The second kappa shape index (κ2) is 5.69. The third kappa shape index (κ3) is 2.69. The highest BCUT2D eigenvalue weighted by Gasteiger charge is 2.11. The Kier molecular flexibility index (Phi) is 3.75. The molecule has 0 bridgehead atoms. The fourth-order valence-electron chi connectivity index (χ4n) is 2.60. The van der Waals surface area contributed by atoms with E-state index in [9.17, 15) is 0 Å². The highest BCUT2D eigenvalue weighted by Crippen LogP contribution is 2.31.